The van der Waals surface area contributed by atoms with E-state index < -0.39 is 0 Å². The first-order valence-electron chi connectivity index (χ1n) is 5.94. The van der Waals surface area contributed by atoms with Gasteiger partial charge in [0.2, 0.25) is 0 Å². The average Bonchev–Trinajstić information content (AvgIpc) is 2.14. The lowest BCUT2D eigenvalue weighted by Gasteiger charge is -2.33. The summed E-state index contributed by atoms with van der Waals surface area (Å²) in [6.07, 6.45) is 3.92. The Morgan fingerprint density at radius 1 is 1.21 bits per heavy atom. The normalized spacial score (nSPS) is 21.4. The molecule has 0 aromatic rings. The first kappa shape index (κ1) is 12.0. The van der Waals surface area contributed by atoms with Crippen LogP contribution in [0.25, 0.3) is 0 Å². The van der Waals surface area contributed by atoms with Gasteiger partial charge in [-0.05, 0) is 56.8 Å². The molecule has 14 heavy (non-hydrogen) atoms. The Labute approximate surface area is 88.8 Å². The van der Waals surface area contributed by atoms with Gasteiger partial charge in [0, 0.05) is 0 Å². The molecule has 2 N–H and O–H groups in total. The number of rotatable bonds is 3. The summed E-state index contributed by atoms with van der Waals surface area (Å²) in [4.78, 5) is 2.59. The molecule has 0 aromatic carbocycles. The van der Waals surface area contributed by atoms with E-state index in [2.05, 4.69) is 25.7 Å². The monoisotopic (exact) mass is 198 g/mol. The minimum Gasteiger partial charge on any atom is -0.330 e. The van der Waals surface area contributed by atoms with Crippen LogP contribution in [0.3, 0.4) is 0 Å². The summed E-state index contributed by atoms with van der Waals surface area (Å²) in [5, 5.41) is 0. The molecule has 1 saturated heterocycles. The number of hydrogen-bond acceptors (Lipinski definition) is 2. The van der Waals surface area contributed by atoms with Crippen LogP contribution in [0.1, 0.15) is 40.0 Å². The quantitative estimate of drug-likeness (QED) is 0.752. The van der Waals surface area contributed by atoms with E-state index in [1.165, 1.54) is 38.9 Å². The molecule has 0 atom stereocenters. The molecule has 84 valence electrons. The van der Waals surface area contributed by atoms with Gasteiger partial charge in [-0.25, -0.2) is 0 Å². The van der Waals surface area contributed by atoms with Gasteiger partial charge in [0.25, 0.3) is 0 Å². The summed E-state index contributed by atoms with van der Waals surface area (Å²) < 4.78 is 0. The largest absolute Gasteiger partial charge is 0.330 e. The lowest BCUT2D eigenvalue weighted by Crippen LogP contribution is -2.37. The number of likely N-dealkylation sites (tertiary alicyclic amines) is 1. The van der Waals surface area contributed by atoms with E-state index in [-0.39, 0.29) is 0 Å². The molecule has 0 aliphatic carbocycles. The highest BCUT2D eigenvalue weighted by molar-refractivity contribution is 4.74. The van der Waals surface area contributed by atoms with E-state index in [9.17, 15) is 0 Å². The van der Waals surface area contributed by atoms with Gasteiger partial charge in [0.15, 0.2) is 0 Å². The van der Waals surface area contributed by atoms with Crippen molar-refractivity contribution in [3.8, 4) is 0 Å². The Morgan fingerprint density at radius 3 is 2.21 bits per heavy atom. The van der Waals surface area contributed by atoms with Crippen LogP contribution in [-0.4, -0.2) is 31.1 Å². The molecule has 0 unspecified atom stereocenters. The van der Waals surface area contributed by atoms with Crippen molar-refractivity contribution in [2.75, 3.05) is 26.2 Å². The molecule has 0 spiro atoms. The van der Waals surface area contributed by atoms with Crippen LogP contribution in [0.15, 0.2) is 0 Å². The van der Waals surface area contributed by atoms with Crippen LogP contribution in [0.2, 0.25) is 0 Å². The summed E-state index contributed by atoms with van der Waals surface area (Å²) in [7, 11) is 0. The van der Waals surface area contributed by atoms with Crippen molar-refractivity contribution in [3.63, 3.8) is 0 Å². The Bertz CT molecular complexity index is 152. The lowest BCUT2D eigenvalue weighted by atomic mass is 9.91. The van der Waals surface area contributed by atoms with Gasteiger partial charge in [0.05, 0.1) is 0 Å². The fourth-order valence-corrected chi connectivity index (χ4v) is 1.94. The highest BCUT2D eigenvalue weighted by Crippen LogP contribution is 2.21. The molecule has 1 rings (SSSR count). The van der Waals surface area contributed by atoms with Crippen molar-refractivity contribution >= 4 is 0 Å². The number of nitrogens with zero attached hydrogens (tertiary/aromatic N) is 1. The van der Waals surface area contributed by atoms with Gasteiger partial charge >= 0.3 is 0 Å². The highest BCUT2D eigenvalue weighted by atomic mass is 15.1. The zero-order valence-corrected chi connectivity index (χ0v) is 10.1. The molecule has 2 heteroatoms. The molecular formula is C12H26N2. The second-order valence-corrected chi connectivity index (χ2v) is 5.83. The lowest BCUT2D eigenvalue weighted by molar-refractivity contribution is 0.166. The van der Waals surface area contributed by atoms with Crippen LogP contribution in [0.5, 0.6) is 0 Å². The molecule has 1 aliphatic heterocycles. The summed E-state index contributed by atoms with van der Waals surface area (Å²) >= 11 is 0. The first-order chi connectivity index (χ1) is 6.51. The van der Waals surface area contributed by atoms with Crippen molar-refractivity contribution in [2.24, 2.45) is 17.1 Å². The molecule has 0 bridgehead atoms. The zero-order chi connectivity index (χ0) is 10.6. The Balaban J connectivity index is 2.16. The van der Waals surface area contributed by atoms with Crippen LogP contribution in [-0.2, 0) is 0 Å². The number of nitrogens with two attached hydrogens (primary N) is 1. The molecule has 1 fully saturated rings. The van der Waals surface area contributed by atoms with E-state index in [1.807, 2.05) is 0 Å². The summed E-state index contributed by atoms with van der Waals surface area (Å²) in [5.41, 5.74) is 6.15. The Morgan fingerprint density at radius 2 is 1.79 bits per heavy atom. The predicted octanol–water partition coefficient (Wildman–Crippen LogP) is 2.09. The Kier molecular flexibility index (Phi) is 4.39. The molecule has 0 saturated carbocycles. The van der Waals surface area contributed by atoms with Gasteiger partial charge < -0.3 is 10.6 Å². The molecule has 0 radical (unpaired) electrons. The summed E-state index contributed by atoms with van der Waals surface area (Å²) in [5.74, 6) is 0.792. The van der Waals surface area contributed by atoms with Crippen molar-refractivity contribution in [1.82, 2.24) is 4.90 Å². The van der Waals surface area contributed by atoms with Gasteiger partial charge in [-0.1, -0.05) is 20.8 Å². The van der Waals surface area contributed by atoms with Crippen molar-refractivity contribution < 1.29 is 0 Å². The smallest absolute Gasteiger partial charge is 0.00137 e. The predicted molar refractivity (Wildman–Crippen MR) is 62.3 cm³/mol. The van der Waals surface area contributed by atoms with Gasteiger partial charge in [-0.2, -0.15) is 0 Å². The first-order valence-corrected chi connectivity index (χ1v) is 5.94. The zero-order valence-electron chi connectivity index (χ0n) is 10.1. The third-order valence-electron chi connectivity index (χ3n) is 3.22. The maximum absolute atomic E-state index is 5.67. The molecular weight excluding hydrogens is 172 g/mol. The van der Waals surface area contributed by atoms with E-state index in [0.29, 0.717) is 5.41 Å². The van der Waals surface area contributed by atoms with Crippen molar-refractivity contribution in [2.45, 2.75) is 40.0 Å². The van der Waals surface area contributed by atoms with E-state index in [0.717, 1.165) is 12.5 Å². The van der Waals surface area contributed by atoms with Crippen LogP contribution < -0.4 is 5.73 Å². The standard InChI is InChI=1S/C12H26N2/c1-12(2,3)6-9-14-7-4-11(10-13)5-8-14/h11H,4-10,13H2,1-3H3. The third kappa shape index (κ3) is 4.43. The fraction of sp³-hybridized carbons (Fsp3) is 1.00. The fourth-order valence-electron chi connectivity index (χ4n) is 1.94. The maximum Gasteiger partial charge on any atom is -0.00137 e. The van der Waals surface area contributed by atoms with E-state index in [4.69, 9.17) is 5.73 Å². The molecule has 0 amide bonds. The van der Waals surface area contributed by atoms with Gasteiger partial charge in [-0.3, -0.25) is 0 Å². The van der Waals surface area contributed by atoms with Crippen LogP contribution in [0.4, 0.5) is 0 Å². The minimum absolute atomic E-state index is 0.477. The van der Waals surface area contributed by atoms with Crippen molar-refractivity contribution in [1.29, 1.82) is 0 Å². The summed E-state index contributed by atoms with van der Waals surface area (Å²) in [6, 6.07) is 0. The molecule has 2 nitrogen and oxygen atoms in total. The molecule has 0 aromatic heterocycles. The van der Waals surface area contributed by atoms with Crippen LogP contribution >= 0.6 is 0 Å². The highest BCUT2D eigenvalue weighted by Gasteiger charge is 2.19. The second kappa shape index (κ2) is 5.13. The van der Waals surface area contributed by atoms with Crippen LogP contribution in [0, 0.1) is 11.3 Å². The third-order valence-corrected chi connectivity index (χ3v) is 3.22. The summed E-state index contributed by atoms with van der Waals surface area (Å²) in [6.45, 7) is 11.6. The SMILES string of the molecule is CC(C)(C)CCN1CCC(CN)CC1. The Hall–Kier alpha value is -0.0800. The topological polar surface area (TPSA) is 29.3 Å². The number of hydrogen-bond donors (Lipinski definition) is 1. The molecule has 1 aliphatic rings. The minimum atomic E-state index is 0.477. The second-order valence-electron chi connectivity index (χ2n) is 5.83. The van der Waals surface area contributed by atoms with E-state index in [1.54, 1.807) is 0 Å². The number of piperidine rings is 1. The molecule has 1 heterocycles. The van der Waals surface area contributed by atoms with E-state index >= 15 is 0 Å². The van der Waals surface area contributed by atoms with Gasteiger partial charge in [0.1, 0.15) is 0 Å². The van der Waals surface area contributed by atoms with Gasteiger partial charge in [-0.15, -0.1) is 0 Å². The average molecular weight is 198 g/mol. The maximum atomic E-state index is 5.67. The van der Waals surface area contributed by atoms with Crippen molar-refractivity contribution in [3.05, 3.63) is 0 Å².